The zero-order valence-electron chi connectivity index (χ0n) is 8.91. The molecule has 0 unspecified atom stereocenters. The van der Waals surface area contributed by atoms with Gasteiger partial charge in [-0.1, -0.05) is 32.0 Å². The molecule has 0 radical (unpaired) electrons. The molecule has 0 bridgehead atoms. The number of aromatic nitrogens is 2. The van der Waals surface area contributed by atoms with Gasteiger partial charge in [-0.2, -0.15) is 0 Å². The number of hydrogen-bond donors (Lipinski definition) is 1. The monoisotopic (exact) mass is 333 g/mol. The lowest BCUT2D eigenvalue weighted by Gasteiger charge is -2.07. The molecule has 0 aliphatic carbocycles. The highest BCUT2D eigenvalue weighted by Crippen LogP contribution is 2.29. The van der Waals surface area contributed by atoms with Gasteiger partial charge in [-0.25, -0.2) is 0 Å². The standard InChI is InChI=1S/C10H9BrClN3OS/c1-13-10-8(14-15-17-10)5-16-9-4-6(11)2-3-7(9)12/h2-4,13H,5H2,1H3. The van der Waals surface area contributed by atoms with E-state index in [0.717, 1.165) is 15.2 Å². The Kier molecular flexibility index (Phi) is 4.20. The predicted molar refractivity (Wildman–Crippen MR) is 72.9 cm³/mol. The summed E-state index contributed by atoms with van der Waals surface area (Å²) in [6.45, 7) is 0.336. The molecule has 4 nitrogen and oxygen atoms in total. The highest BCUT2D eigenvalue weighted by atomic mass is 79.9. The Hall–Kier alpha value is -0.850. The van der Waals surface area contributed by atoms with Crippen molar-refractivity contribution in [2.24, 2.45) is 0 Å². The van der Waals surface area contributed by atoms with Crippen LogP contribution in [-0.4, -0.2) is 16.6 Å². The summed E-state index contributed by atoms with van der Waals surface area (Å²) in [5.74, 6) is 0.621. The van der Waals surface area contributed by atoms with Gasteiger partial charge in [0.15, 0.2) is 0 Å². The third-order valence-corrected chi connectivity index (χ3v) is 3.63. The van der Waals surface area contributed by atoms with Crippen molar-refractivity contribution in [3.63, 3.8) is 0 Å². The van der Waals surface area contributed by atoms with Crippen LogP contribution >= 0.6 is 39.1 Å². The van der Waals surface area contributed by atoms with Crippen LogP contribution in [0.25, 0.3) is 0 Å². The van der Waals surface area contributed by atoms with Crippen LogP contribution in [0.4, 0.5) is 5.00 Å². The average Bonchev–Trinajstić information content (AvgIpc) is 2.77. The molecule has 0 saturated heterocycles. The third-order valence-electron chi connectivity index (χ3n) is 2.04. The van der Waals surface area contributed by atoms with Crippen LogP contribution in [0, 0.1) is 0 Å². The summed E-state index contributed by atoms with van der Waals surface area (Å²) in [4.78, 5) is 0. The van der Waals surface area contributed by atoms with Crippen molar-refractivity contribution in [3.8, 4) is 5.75 Å². The summed E-state index contributed by atoms with van der Waals surface area (Å²) < 4.78 is 10.4. The molecule has 1 N–H and O–H groups in total. The van der Waals surface area contributed by atoms with Gasteiger partial charge in [0.05, 0.1) is 5.02 Å². The first kappa shape index (κ1) is 12.6. The van der Waals surface area contributed by atoms with E-state index in [1.807, 2.05) is 19.2 Å². The minimum absolute atomic E-state index is 0.336. The van der Waals surface area contributed by atoms with Crippen LogP contribution in [0.3, 0.4) is 0 Å². The van der Waals surface area contributed by atoms with E-state index in [1.165, 1.54) is 11.5 Å². The molecule has 0 atom stereocenters. The van der Waals surface area contributed by atoms with Crippen molar-refractivity contribution in [3.05, 3.63) is 33.4 Å². The van der Waals surface area contributed by atoms with Gasteiger partial charge < -0.3 is 10.1 Å². The van der Waals surface area contributed by atoms with Gasteiger partial charge in [-0.3, -0.25) is 0 Å². The molecule has 0 amide bonds. The third kappa shape index (κ3) is 3.08. The van der Waals surface area contributed by atoms with E-state index in [9.17, 15) is 0 Å². The molecule has 90 valence electrons. The number of benzene rings is 1. The van der Waals surface area contributed by atoms with Crippen LogP contribution < -0.4 is 10.1 Å². The molecule has 1 aromatic heterocycles. The summed E-state index contributed by atoms with van der Waals surface area (Å²) in [5.41, 5.74) is 0.772. The first-order valence-electron chi connectivity index (χ1n) is 4.77. The van der Waals surface area contributed by atoms with Gasteiger partial charge in [0.25, 0.3) is 0 Å². The lowest BCUT2D eigenvalue weighted by molar-refractivity contribution is 0.302. The molecule has 0 spiro atoms. The maximum atomic E-state index is 6.02. The number of anilines is 1. The Morgan fingerprint density at radius 1 is 1.53 bits per heavy atom. The van der Waals surface area contributed by atoms with Gasteiger partial charge in [0.1, 0.15) is 23.1 Å². The first-order chi connectivity index (χ1) is 8.20. The Balaban J connectivity index is 2.09. The van der Waals surface area contributed by atoms with Gasteiger partial charge >= 0.3 is 0 Å². The minimum Gasteiger partial charge on any atom is -0.485 e. The zero-order valence-corrected chi connectivity index (χ0v) is 12.1. The van der Waals surface area contributed by atoms with E-state index in [0.29, 0.717) is 17.4 Å². The number of nitrogens with one attached hydrogen (secondary N) is 1. The highest BCUT2D eigenvalue weighted by Gasteiger charge is 2.08. The zero-order chi connectivity index (χ0) is 12.3. The fourth-order valence-electron chi connectivity index (χ4n) is 1.23. The summed E-state index contributed by atoms with van der Waals surface area (Å²) >= 11 is 10.7. The lowest BCUT2D eigenvalue weighted by atomic mass is 10.3. The van der Waals surface area contributed by atoms with E-state index >= 15 is 0 Å². The van der Waals surface area contributed by atoms with Crippen LogP contribution in [0.1, 0.15) is 5.69 Å². The molecule has 2 rings (SSSR count). The molecule has 1 heterocycles. The maximum absolute atomic E-state index is 6.02. The molecule has 0 saturated carbocycles. The molecular formula is C10H9BrClN3OS. The SMILES string of the molecule is CNc1snnc1COc1cc(Br)ccc1Cl. The van der Waals surface area contributed by atoms with Crippen LogP contribution in [0.15, 0.2) is 22.7 Å². The number of rotatable bonds is 4. The number of ether oxygens (including phenoxy) is 1. The van der Waals surface area contributed by atoms with E-state index in [4.69, 9.17) is 16.3 Å². The van der Waals surface area contributed by atoms with E-state index < -0.39 is 0 Å². The lowest BCUT2D eigenvalue weighted by Crippen LogP contribution is -1.99. The van der Waals surface area contributed by atoms with Crippen molar-refractivity contribution in [2.75, 3.05) is 12.4 Å². The van der Waals surface area contributed by atoms with Gasteiger partial charge in [-0.05, 0) is 18.2 Å². The van der Waals surface area contributed by atoms with Crippen molar-refractivity contribution in [1.29, 1.82) is 0 Å². The topological polar surface area (TPSA) is 47.0 Å². The number of nitrogens with zero attached hydrogens (tertiary/aromatic N) is 2. The van der Waals surface area contributed by atoms with Crippen molar-refractivity contribution in [1.82, 2.24) is 9.59 Å². The molecule has 2 aromatic rings. The predicted octanol–water partition coefficient (Wildman–Crippen LogP) is 3.57. The normalized spacial score (nSPS) is 10.3. The smallest absolute Gasteiger partial charge is 0.139 e. The van der Waals surface area contributed by atoms with Crippen LogP contribution in [0.2, 0.25) is 5.02 Å². The summed E-state index contributed by atoms with van der Waals surface area (Å²) in [6.07, 6.45) is 0. The van der Waals surface area contributed by atoms with Gasteiger partial charge in [0, 0.05) is 23.1 Å². The largest absolute Gasteiger partial charge is 0.485 e. The second kappa shape index (κ2) is 5.66. The highest BCUT2D eigenvalue weighted by molar-refractivity contribution is 9.10. The van der Waals surface area contributed by atoms with Crippen molar-refractivity contribution in [2.45, 2.75) is 6.61 Å². The second-order valence-electron chi connectivity index (χ2n) is 3.16. The molecule has 7 heteroatoms. The number of hydrogen-bond acceptors (Lipinski definition) is 5. The second-order valence-corrected chi connectivity index (χ2v) is 5.24. The summed E-state index contributed by atoms with van der Waals surface area (Å²) in [7, 11) is 1.82. The fraction of sp³-hybridized carbons (Fsp3) is 0.200. The summed E-state index contributed by atoms with van der Waals surface area (Å²) in [6, 6.07) is 5.46. The van der Waals surface area contributed by atoms with E-state index in [2.05, 4.69) is 30.8 Å². The molecule has 0 aliphatic heterocycles. The Labute approximate surface area is 116 Å². The average molecular weight is 335 g/mol. The number of halogens is 2. The first-order valence-corrected chi connectivity index (χ1v) is 6.72. The Morgan fingerprint density at radius 2 is 2.35 bits per heavy atom. The van der Waals surface area contributed by atoms with Crippen molar-refractivity contribution < 1.29 is 4.74 Å². The maximum Gasteiger partial charge on any atom is 0.139 e. The molecule has 1 aromatic carbocycles. The van der Waals surface area contributed by atoms with E-state index in [-0.39, 0.29) is 0 Å². The van der Waals surface area contributed by atoms with Crippen LogP contribution in [-0.2, 0) is 6.61 Å². The van der Waals surface area contributed by atoms with Gasteiger partial charge in [-0.15, -0.1) is 5.10 Å². The quantitative estimate of drug-likeness (QED) is 0.928. The molecule has 0 aliphatic rings. The van der Waals surface area contributed by atoms with Crippen LogP contribution in [0.5, 0.6) is 5.75 Å². The fourth-order valence-corrected chi connectivity index (χ4v) is 2.26. The van der Waals surface area contributed by atoms with Gasteiger partial charge in [0.2, 0.25) is 0 Å². The Bertz CT molecular complexity index is 520. The molecule has 17 heavy (non-hydrogen) atoms. The minimum atomic E-state index is 0.336. The molecular weight excluding hydrogens is 326 g/mol. The molecule has 0 fully saturated rings. The van der Waals surface area contributed by atoms with Crippen molar-refractivity contribution >= 4 is 44.1 Å². The summed E-state index contributed by atoms with van der Waals surface area (Å²) in [5, 5.41) is 8.46. The Morgan fingerprint density at radius 3 is 3.12 bits per heavy atom. The van der Waals surface area contributed by atoms with E-state index in [1.54, 1.807) is 6.07 Å².